The van der Waals surface area contributed by atoms with Crippen LogP contribution in [-0.4, -0.2) is 17.4 Å². The molecule has 0 aliphatic heterocycles. The van der Waals surface area contributed by atoms with Crippen LogP contribution in [0.25, 0.3) is 0 Å². The van der Waals surface area contributed by atoms with Gasteiger partial charge in [-0.15, -0.1) is 11.3 Å². The first kappa shape index (κ1) is 13.6. The standard InChI is InChI=1S/C12H11BrClNO2S/c1-2-15(7-8-3-6-11(14)18-8)12(16)9-4-5-10(13)17-9/h3-6H,2,7H2,1H3. The maximum absolute atomic E-state index is 12.2. The Morgan fingerprint density at radius 2 is 2.22 bits per heavy atom. The second-order valence-corrected chi connectivity index (χ2v) is 6.21. The molecule has 0 bridgehead atoms. The van der Waals surface area contributed by atoms with E-state index < -0.39 is 0 Å². The van der Waals surface area contributed by atoms with E-state index >= 15 is 0 Å². The number of rotatable bonds is 4. The predicted octanol–water partition coefficient (Wildman–Crippen LogP) is 4.42. The van der Waals surface area contributed by atoms with Crippen LogP contribution in [0.1, 0.15) is 22.4 Å². The van der Waals surface area contributed by atoms with Crippen molar-refractivity contribution in [3.05, 3.63) is 43.9 Å². The van der Waals surface area contributed by atoms with Gasteiger partial charge in [-0.3, -0.25) is 4.79 Å². The Morgan fingerprint density at radius 3 is 2.72 bits per heavy atom. The van der Waals surface area contributed by atoms with E-state index in [0.717, 1.165) is 9.21 Å². The van der Waals surface area contributed by atoms with E-state index in [9.17, 15) is 4.79 Å². The molecule has 0 fully saturated rings. The van der Waals surface area contributed by atoms with Gasteiger partial charge in [0.15, 0.2) is 10.4 Å². The molecule has 0 aliphatic rings. The van der Waals surface area contributed by atoms with Crippen molar-refractivity contribution in [3.63, 3.8) is 0 Å². The van der Waals surface area contributed by atoms with Crippen molar-refractivity contribution in [2.75, 3.05) is 6.54 Å². The number of carbonyl (C=O) groups is 1. The van der Waals surface area contributed by atoms with E-state index in [1.54, 1.807) is 17.0 Å². The first-order valence-corrected chi connectivity index (χ1v) is 7.37. The minimum Gasteiger partial charge on any atom is -0.444 e. The monoisotopic (exact) mass is 347 g/mol. The minimum atomic E-state index is -0.118. The molecule has 18 heavy (non-hydrogen) atoms. The third-order valence-corrected chi connectivity index (χ3v) is 4.07. The second-order valence-electron chi connectivity index (χ2n) is 3.63. The summed E-state index contributed by atoms with van der Waals surface area (Å²) in [6.45, 7) is 3.10. The molecule has 0 saturated heterocycles. The number of hydrogen-bond donors (Lipinski definition) is 0. The lowest BCUT2D eigenvalue weighted by atomic mass is 10.3. The molecule has 0 spiro atoms. The highest BCUT2D eigenvalue weighted by Gasteiger charge is 2.18. The number of furan rings is 1. The Bertz CT molecular complexity index is 552. The lowest BCUT2D eigenvalue weighted by Gasteiger charge is -2.18. The van der Waals surface area contributed by atoms with E-state index in [1.165, 1.54) is 11.3 Å². The topological polar surface area (TPSA) is 33.5 Å². The molecule has 6 heteroatoms. The summed E-state index contributed by atoms with van der Waals surface area (Å²) in [6, 6.07) is 7.14. The first-order valence-electron chi connectivity index (χ1n) is 5.39. The molecule has 3 nitrogen and oxygen atoms in total. The number of thiophene rings is 1. The number of nitrogens with zero attached hydrogens (tertiary/aromatic N) is 1. The Hall–Kier alpha value is -0.780. The van der Waals surface area contributed by atoms with Crippen LogP contribution in [0.3, 0.4) is 0 Å². The minimum absolute atomic E-state index is 0.118. The maximum Gasteiger partial charge on any atom is 0.289 e. The third-order valence-electron chi connectivity index (χ3n) is 2.43. The van der Waals surface area contributed by atoms with Crippen molar-refractivity contribution in [1.82, 2.24) is 4.90 Å². The molecular weight excluding hydrogens is 338 g/mol. The van der Waals surface area contributed by atoms with E-state index in [0.29, 0.717) is 23.5 Å². The van der Waals surface area contributed by atoms with Gasteiger partial charge in [-0.05, 0) is 47.1 Å². The molecule has 0 saturated carbocycles. The Morgan fingerprint density at radius 1 is 1.44 bits per heavy atom. The lowest BCUT2D eigenvalue weighted by Crippen LogP contribution is -2.29. The van der Waals surface area contributed by atoms with Gasteiger partial charge in [0.1, 0.15) is 0 Å². The summed E-state index contributed by atoms with van der Waals surface area (Å²) in [4.78, 5) is 15.0. The molecule has 96 valence electrons. The van der Waals surface area contributed by atoms with E-state index in [1.807, 2.05) is 19.1 Å². The van der Waals surface area contributed by atoms with Crippen LogP contribution in [-0.2, 0) is 6.54 Å². The summed E-state index contributed by atoms with van der Waals surface area (Å²) >= 11 is 10.5. The van der Waals surface area contributed by atoms with Gasteiger partial charge < -0.3 is 9.32 Å². The molecule has 0 atom stereocenters. The van der Waals surface area contributed by atoms with Crippen molar-refractivity contribution in [1.29, 1.82) is 0 Å². The van der Waals surface area contributed by atoms with Crippen LogP contribution < -0.4 is 0 Å². The van der Waals surface area contributed by atoms with E-state index in [-0.39, 0.29) is 5.91 Å². The SMILES string of the molecule is CCN(Cc1ccc(Cl)s1)C(=O)c1ccc(Br)o1. The van der Waals surface area contributed by atoms with Crippen molar-refractivity contribution >= 4 is 44.8 Å². The van der Waals surface area contributed by atoms with Crippen molar-refractivity contribution in [2.45, 2.75) is 13.5 Å². The van der Waals surface area contributed by atoms with Gasteiger partial charge in [-0.2, -0.15) is 0 Å². The number of hydrogen-bond acceptors (Lipinski definition) is 3. The summed E-state index contributed by atoms with van der Waals surface area (Å²) < 4.78 is 6.56. The average molecular weight is 349 g/mol. The molecule has 0 radical (unpaired) electrons. The molecule has 2 rings (SSSR count). The first-order chi connectivity index (χ1) is 8.60. The van der Waals surface area contributed by atoms with Crippen LogP contribution >= 0.6 is 38.9 Å². The smallest absolute Gasteiger partial charge is 0.289 e. The van der Waals surface area contributed by atoms with Gasteiger partial charge in [0.2, 0.25) is 0 Å². The highest BCUT2D eigenvalue weighted by Crippen LogP contribution is 2.23. The largest absolute Gasteiger partial charge is 0.444 e. The number of carbonyl (C=O) groups excluding carboxylic acids is 1. The van der Waals surface area contributed by atoms with Gasteiger partial charge in [0.05, 0.1) is 10.9 Å². The Labute approximate surface area is 122 Å². The quantitative estimate of drug-likeness (QED) is 0.819. The fourth-order valence-corrected chi connectivity index (χ4v) is 2.95. The maximum atomic E-state index is 12.2. The zero-order valence-electron chi connectivity index (χ0n) is 9.65. The third kappa shape index (κ3) is 3.16. The lowest BCUT2D eigenvalue weighted by molar-refractivity contribution is 0.0720. The molecule has 2 aromatic heterocycles. The predicted molar refractivity (Wildman–Crippen MR) is 76.2 cm³/mol. The Kier molecular flexibility index (Phi) is 4.48. The van der Waals surface area contributed by atoms with E-state index in [4.69, 9.17) is 16.0 Å². The molecule has 0 aromatic carbocycles. The van der Waals surface area contributed by atoms with Gasteiger partial charge in [-0.25, -0.2) is 0 Å². The molecule has 0 aliphatic carbocycles. The molecular formula is C12H11BrClNO2S. The van der Waals surface area contributed by atoms with Crippen LogP contribution in [0.15, 0.2) is 33.4 Å². The number of halogens is 2. The Balaban J connectivity index is 2.11. The molecule has 0 unspecified atom stereocenters. The van der Waals surface area contributed by atoms with Crippen LogP contribution in [0.5, 0.6) is 0 Å². The highest BCUT2D eigenvalue weighted by molar-refractivity contribution is 9.10. The highest BCUT2D eigenvalue weighted by atomic mass is 79.9. The molecule has 2 aromatic rings. The second kappa shape index (κ2) is 5.91. The van der Waals surface area contributed by atoms with Crippen LogP contribution in [0.4, 0.5) is 0 Å². The zero-order valence-corrected chi connectivity index (χ0v) is 12.8. The number of amides is 1. The van der Waals surface area contributed by atoms with Crippen LogP contribution in [0.2, 0.25) is 4.34 Å². The van der Waals surface area contributed by atoms with Gasteiger partial charge in [-0.1, -0.05) is 11.6 Å². The molecule has 2 heterocycles. The summed E-state index contributed by atoms with van der Waals surface area (Å²) in [7, 11) is 0. The van der Waals surface area contributed by atoms with Crippen molar-refractivity contribution in [3.8, 4) is 0 Å². The average Bonchev–Trinajstić information content (AvgIpc) is 2.94. The van der Waals surface area contributed by atoms with Crippen molar-refractivity contribution in [2.24, 2.45) is 0 Å². The summed E-state index contributed by atoms with van der Waals surface area (Å²) in [5, 5.41) is 0. The molecule has 1 amide bonds. The fourth-order valence-electron chi connectivity index (χ4n) is 1.54. The summed E-state index contributed by atoms with van der Waals surface area (Å²) in [6.07, 6.45) is 0. The van der Waals surface area contributed by atoms with Crippen LogP contribution in [0, 0.1) is 0 Å². The van der Waals surface area contributed by atoms with Gasteiger partial charge in [0.25, 0.3) is 5.91 Å². The summed E-state index contributed by atoms with van der Waals surface area (Å²) in [5.74, 6) is 0.221. The fraction of sp³-hybridized carbons (Fsp3) is 0.250. The normalized spacial score (nSPS) is 10.6. The van der Waals surface area contributed by atoms with Gasteiger partial charge in [0, 0.05) is 11.4 Å². The van der Waals surface area contributed by atoms with Gasteiger partial charge >= 0.3 is 0 Å². The van der Waals surface area contributed by atoms with E-state index in [2.05, 4.69) is 15.9 Å². The molecule has 0 N–H and O–H groups in total. The summed E-state index contributed by atoms with van der Waals surface area (Å²) in [5.41, 5.74) is 0. The zero-order chi connectivity index (χ0) is 13.1. The van der Waals surface area contributed by atoms with Crippen molar-refractivity contribution < 1.29 is 9.21 Å².